The van der Waals surface area contributed by atoms with E-state index in [1.54, 1.807) is 0 Å². The maximum absolute atomic E-state index is 3.63. The minimum absolute atomic E-state index is 0.612. The number of aromatic nitrogens is 1. The normalized spacial score (nSPS) is 19.4. The SMILES string of the molecule is CC(C)NC1CCN(Cc2cc[nH]c2)CC1. The third-order valence-corrected chi connectivity index (χ3v) is 3.23. The first kappa shape index (κ1) is 11.7. The summed E-state index contributed by atoms with van der Waals surface area (Å²) in [5.74, 6) is 0. The van der Waals surface area contributed by atoms with Crippen LogP contribution in [-0.2, 0) is 6.54 Å². The lowest BCUT2D eigenvalue weighted by Crippen LogP contribution is -2.44. The van der Waals surface area contributed by atoms with E-state index in [4.69, 9.17) is 0 Å². The molecule has 0 aromatic carbocycles. The molecule has 0 spiro atoms. The predicted octanol–water partition coefficient (Wildman–Crippen LogP) is 1.98. The van der Waals surface area contributed by atoms with E-state index in [9.17, 15) is 0 Å². The molecule has 2 heterocycles. The lowest BCUT2D eigenvalue weighted by molar-refractivity contribution is 0.186. The highest BCUT2D eigenvalue weighted by Gasteiger charge is 2.19. The van der Waals surface area contributed by atoms with E-state index in [-0.39, 0.29) is 0 Å². The van der Waals surface area contributed by atoms with E-state index in [1.807, 2.05) is 6.20 Å². The number of piperidine rings is 1. The molecule has 0 saturated carbocycles. The van der Waals surface area contributed by atoms with Crippen molar-refractivity contribution in [1.82, 2.24) is 15.2 Å². The fraction of sp³-hybridized carbons (Fsp3) is 0.692. The van der Waals surface area contributed by atoms with Gasteiger partial charge in [0.1, 0.15) is 0 Å². The summed E-state index contributed by atoms with van der Waals surface area (Å²) in [6, 6.07) is 3.50. The maximum Gasteiger partial charge on any atom is 0.0248 e. The average molecular weight is 221 g/mol. The first-order valence-electron chi connectivity index (χ1n) is 6.34. The highest BCUT2D eigenvalue weighted by molar-refractivity contribution is 5.08. The van der Waals surface area contributed by atoms with Gasteiger partial charge in [-0.2, -0.15) is 0 Å². The molecule has 1 aliphatic rings. The van der Waals surface area contributed by atoms with Crippen molar-refractivity contribution in [2.24, 2.45) is 0 Å². The number of aromatic amines is 1. The minimum atomic E-state index is 0.612. The topological polar surface area (TPSA) is 31.1 Å². The zero-order chi connectivity index (χ0) is 11.4. The highest BCUT2D eigenvalue weighted by Crippen LogP contribution is 2.13. The molecule has 3 nitrogen and oxygen atoms in total. The summed E-state index contributed by atoms with van der Waals surface area (Å²) in [5, 5.41) is 3.63. The Bertz CT molecular complexity index is 284. The van der Waals surface area contributed by atoms with Gasteiger partial charge in [-0.1, -0.05) is 13.8 Å². The second kappa shape index (κ2) is 5.51. The van der Waals surface area contributed by atoms with Crippen LogP contribution in [0.15, 0.2) is 18.5 Å². The number of rotatable bonds is 4. The van der Waals surface area contributed by atoms with Gasteiger partial charge in [0.05, 0.1) is 0 Å². The molecule has 3 heteroatoms. The van der Waals surface area contributed by atoms with Gasteiger partial charge in [-0.05, 0) is 37.6 Å². The van der Waals surface area contributed by atoms with Crippen LogP contribution in [0.2, 0.25) is 0 Å². The Balaban J connectivity index is 1.73. The van der Waals surface area contributed by atoms with Crippen LogP contribution in [0, 0.1) is 0 Å². The smallest absolute Gasteiger partial charge is 0.0248 e. The van der Waals surface area contributed by atoms with Gasteiger partial charge < -0.3 is 10.3 Å². The number of nitrogens with one attached hydrogen (secondary N) is 2. The van der Waals surface area contributed by atoms with Crippen LogP contribution in [-0.4, -0.2) is 35.1 Å². The molecule has 90 valence electrons. The largest absolute Gasteiger partial charge is 0.367 e. The number of likely N-dealkylation sites (tertiary alicyclic amines) is 1. The van der Waals surface area contributed by atoms with Gasteiger partial charge in [-0.25, -0.2) is 0 Å². The molecule has 0 amide bonds. The molecule has 1 aromatic heterocycles. The summed E-state index contributed by atoms with van der Waals surface area (Å²) < 4.78 is 0. The van der Waals surface area contributed by atoms with Gasteiger partial charge in [0, 0.05) is 31.0 Å². The molecule has 2 rings (SSSR count). The van der Waals surface area contributed by atoms with Crippen molar-refractivity contribution in [3.05, 3.63) is 24.0 Å². The summed E-state index contributed by atoms with van der Waals surface area (Å²) in [6.07, 6.45) is 6.66. The molecule has 2 N–H and O–H groups in total. The average Bonchev–Trinajstić information content (AvgIpc) is 2.73. The van der Waals surface area contributed by atoms with Gasteiger partial charge in [0.15, 0.2) is 0 Å². The van der Waals surface area contributed by atoms with Crippen LogP contribution in [0.4, 0.5) is 0 Å². The van der Waals surface area contributed by atoms with Crippen LogP contribution >= 0.6 is 0 Å². The number of hydrogen-bond acceptors (Lipinski definition) is 2. The Morgan fingerprint density at radius 3 is 2.75 bits per heavy atom. The standard InChI is InChI=1S/C13H23N3/c1-11(2)15-13-4-7-16(8-5-13)10-12-3-6-14-9-12/h3,6,9,11,13-15H,4-5,7-8,10H2,1-2H3. The van der Waals surface area contributed by atoms with E-state index in [0.717, 1.165) is 12.6 Å². The Morgan fingerprint density at radius 1 is 1.44 bits per heavy atom. The van der Waals surface area contributed by atoms with Crippen LogP contribution in [0.1, 0.15) is 32.3 Å². The first-order chi connectivity index (χ1) is 7.74. The van der Waals surface area contributed by atoms with Gasteiger partial charge in [0.25, 0.3) is 0 Å². The molecule has 1 aromatic rings. The van der Waals surface area contributed by atoms with Crippen molar-refractivity contribution in [2.75, 3.05) is 13.1 Å². The molecule has 1 fully saturated rings. The Hall–Kier alpha value is -0.800. The Morgan fingerprint density at radius 2 is 2.19 bits per heavy atom. The molecule has 1 aliphatic heterocycles. The van der Waals surface area contributed by atoms with E-state index < -0.39 is 0 Å². The highest BCUT2D eigenvalue weighted by atomic mass is 15.1. The lowest BCUT2D eigenvalue weighted by Gasteiger charge is -2.33. The Labute approximate surface area is 98.2 Å². The van der Waals surface area contributed by atoms with Crippen molar-refractivity contribution < 1.29 is 0 Å². The maximum atomic E-state index is 3.63. The molecule has 1 saturated heterocycles. The molecule has 0 bridgehead atoms. The van der Waals surface area contributed by atoms with Gasteiger partial charge in [0.2, 0.25) is 0 Å². The van der Waals surface area contributed by atoms with Crippen LogP contribution < -0.4 is 5.32 Å². The molecule has 0 atom stereocenters. The number of nitrogens with zero attached hydrogens (tertiary/aromatic N) is 1. The van der Waals surface area contributed by atoms with E-state index in [2.05, 4.69) is 41.3 Å². The first-order valence-corrected chi connectivity index (χ1v) is 6.34. The van der Waals surface area contributed by atoms with E-state index >= 15 is 0 Å². The monoisotopic (exact) mass is 221 g/mol. The molecule has 0 unspecified atom stereocenters. The zero-order valence-corrected chi connectivity index (χ0v) is 10.4. The quantitative estimate of drug-likeness (QED) is 0.814. The third kappa shape index (κ3) is 3.35. The molecule has 0 aliphatic carbocycles. The van der Waals surface area contributed by atoms with Crippen molar-refractivity contribution in [3.8, 4) is 0 Å². The van der Waals surface area contributed by atoms with Gasteiger partial charge in [-0.15, -0.1) is 0 Å². The van der Waals surface area contributed by atoms with Crippen molar-refractivity contribution in [1.29, 1.82) is 0 Å². The predicted molar refractivity (Wildman–Crippen MR) is 67.4 cm³/mol. The molecule has 0 radical (unpaired) electrons. The lowest BCUT2D eigenvalue weighted by atomic mass is 10.0. The summed E-state index contributed by atoms with van der Waals surface area (Å²) in [5.41, 5.74) is 1.40. The van der Waals surface area contributed by atoms with Crippen LogP contribution in [0.3, 0.4) is 0 Å². The van der Waals surface area contributed by atoms with Gasteiger partial charge >= 0.3 is 0 Å². The van der Waals surface area contributed by atoms with Crippen molar-refractivity contribution in [2.45, 2.75) is 45.3 Å². The van der Waals surface area contributed by atoms with Crippen molar-refractivity contribution in [3.63, 3.8) is 0 Å². The van der Waals surface area contributed by atoms with E-state index in [0.29, 0.717) is 6.04 Å². The summed E-state index contributed by atoms with van der Waals surface area (Å²) in [6.45, 7) is 7.99. The fourth-order valence-corrected chi connectivity index (χ4v) is 2.44. The summed E-state index contributed by atoms with van der Waals surface area (Å²) in [4.78, 5) is 5.66. The van der Waals surface area contributed by atoms with Crippen LogP contribution in [0.5, 0.6) is 0 Å². The number of hydrogen-bond donors (Lipinski definition) is 2. The number of H-pyrrole nitrogens is 1. The Kier molecular flexibility index (Phi) is 4.02. The van der Waals surface area contributed by atoms with Crippen LogP contribution in [0.25, 0.3) is 0 Å². The van der Waals surface area contributed by atoms with Crippen molar-refractivity contribution >= 4 is 0 Å². The second-order valence-electron chi connectivity index (χ2n) is 5.09. The van der Waals surface area contributed by atoms with Gasteiger partial charge in [-0.3, -0.25) is 4.90 Å². The molecule has 16 heavy (non-hydrogen) atoms. The summed E-state index contributed by atoms with van der Waals surface area (Å²) in [7, 11) is 0. The molecular weight excluding hydrogens is 198 g/mol. The second-order valence-corrected chi connectivity index (χ2v) is 5.09. The fourth-order valence-electron chi connectivity index (χ4n) is 2.44. The molecular formula is C13H23N3. The third-order valence-electron chi connectivity index (χ3n) is 3.23. The minimum Gasteiger partial charge on any atom is -0.367 e. The summed E-state index contributed by atoms with van der Waals surface area (Å²) >= 11 is 0. The zero-order valence-electron chi connectivity index (χ0n) is 10.4. The van der Waals surface area contributed by atoms with E-state index in [1.165, 1.54) is 31.5 Å².